The van der Waals surface area contributed by atoms with Crippen molar-refractivity contribution in [2.24, 2.45) is 0 Å². The van der Waals surface area contributed by atoms with E-state index in [0.717, 1.165) is 0 Å². The van der Waals surface area contributed by atoms with Crippen LogP contribution >= 0.6 is 0 Å². The van der Waals surface area contributed by atoms with Gasteiger partial charge in [0.05, 0.1) is 6.61 Å². The lowest BCUT2D eigenvalue weighted by molar-refractivity contribution is 0.0193. The van der Waals surface area contributed by atoms with Gasteiger partial charge >= 0.3 is 6.03 Å². The van der Waals surface area contributed by atoms with E-state index in [1.807, 2.05) is 20.8 Å². The molecule has 0 aromatic heterocycles. The monoisotopic (exact) mass is 224 g/mol. The molecule has 15 heavy (non-hydrogen) atoms. The largest absolute Gasteiger partial charge is 0.374 e. The summed E-state index contributed by atoms with van der Waals surface area (Å²) in [4.78, 5) is 11.1. The summed E-state index contributed by atoms with van der Waals surface area (Å²) in [5, 5.41) is 5.16. The Morgan fingerprint density at radius 3 is 2.47 bits per heavy atom. The molecule has 0 aliphatic carbocycles. The van der Waals surface area contributed by atoms with Crippen LogP contribution in [0.3, 0.4) is 0 Å². The topological polar surface area (TPSA) is 50.4 Å². The smallest absolute Gasteiger partial charge is 0.315 e. The van der Waals surface area contributed by atoms with Gasteiger partial charge in [-0.05, 0) is 20.8 Å². The molecule has 0 aromatic carbocycles. The predicted octanol–water partition coefficient (Wildman–Crippen LogP) is 1.37. The van der Waals surface area contributed by atoms with Crippen LogP contribution in [0.1, 0.15) is 20.8 Å². The number of amides is 2. The number of hydrogen-bond donors (Lipinski definition) is 2. The second-order valence-electron chi connectivity index (χ2n) is 4.10. The Hall–Kier alpha value is -0.910. The highest BCUT2D eigenvalue weighted by atomic mass is 19.3. The van der Waals surface area contributed by atoms with Gasteiger partial charge in [0.25, 0.3) is 6.43 Å². The summed E-state index contributed by atoms with van der Waals surface area (Å²) in [6, 6.07) is -0.330. The van der Waals surface area contributed by atoms with Crippen molar-refractivity contribution in [1.29, 1.82) is 0 Å². The van der Waals surface area contributed by atoms with E-state index in [9.17, 15) is 13.6 Å². The van der Waals surface area contributed by atoms with Crippen LogP contribution in [0.2, 0.25) is 0 Å². The van der Waals surface area contributed by atoms with Gasteiger partial charge in [0.1, 0.15) is 6.61 Å². The Balaban J connectivity index is 3.40. The second-order valence-corrected chi connectivity index (χ2v) is 4.10. The van der Waals surface area contributed by atoms with Crippen LogP contribution in [0, 0.1) is 0 Å². The lowest BCUT2D eigenvalue weighted by Crippen LogP contribution is -2.47. The van der Waals surface area contributed by atoms with Gasteiger partial charge < -0.3 is 15.4 Å². The van der Waals surface area contributed by atoms with Crippen LogP contribution in [0.15, 0.2) is 0 Å². The van der Waals surface area contributed by atoms with Crippen molar-refractivity contribution in [3.63, 3.8) is 0 Å². The quantitative estimate of drug-likeness (QED) is 0.693. The summed E-state index contributed by atoms with van der Waals surface area (Å²) < 4.78 is 27.8. The van der Waals surface area contributed by atoms with Crippen LogP contribution < -0.4 is 10.6 Å². The lowest BCUT2D eigenvalue weighted by Gasteiger charge is -2.20. The Morgan fingerprint density at radius 1 is 1.40 bits per heavy atom. The minimum Gasteiger partial charge on any atom is -0.374 e. The maximum atomic E-state index is 11.6. The minimum absolute atomic E-state index is 0.0852. The molecule has 0 saturated carbocycles. The van der Waals surface area contributed by atoms with E-state index in [2.05, 4.69) is 15.4 Å². The van der Waals surface area contributed by atoms with Gasteiger partial charge in [-0.1, -0.05) is 0 Å². The van der Waals surface area contributed by atoms with Crippen molar-refractivity contribution in [3.8, 4) is 0 Å². The molecule has 0 radical (unpaired) electrons. The average molecular weight is 224 g/mol. The van der Waals surface area contributed by atoms with Gasteiger partial charge in [0.2, 0.25) is 0 Å². The molecule has 0 aliphatic heterocycles. The fraction of sp³-hybridized carbons (Fsp3) is 0.889. The fourth-order valence-electron chi connectivity index (χ4n) is 0.794. The summed E-state index contributed by atoms with van der Waals surface area (Å²) in [6.45, 7) is 5.25. The summed E-state index contributed by atoms with van der Waals surface area (Å²) in [6.07, 6.45) is -2.46. The summed E-state index contributed by atoms with van der Waals surface area (Å²) >= 11 is 0. The molecule has 4 nitrogen and oxygen atoms in total. The van der Waals surface area contributed by atoms with Crippen molar-refractivity contribution in [3.05, 3.63) is 0 Å². The number of alkyl halides is 2. The Kier molecular flexibility index (Phi) is 6.15. The predicted molar refractivity (Wildman–Crippen MR) is 53.1 cm³/mol. The molecule has 0 heterocycles. The molecular weight excluding hydrogens is 206 g/mol. The van der Waals surface area contributed by atoms with Crippen LogP contribution in [0.25, 0.3) is 0 Å². The zero-order valence-corrected chi connectivity index (χ0v) is 9.27. The zero-order valence-electron chi connectivity index (χ0n) is 9.27. The fourth-order valence-corrected chi connectivity index (χ4v) is 0.794. The van der Waals surface area contributed by atoms with Gasteiger partial charge in [-0.15, -0.1) is 0 Å². The van der Waals surface area contributed by atoms with Crippen LogP contribution in [-0.4, -0.2) is 37.8 Å². The van der Waals surface area contributed by atoms with Crippen molar-refractivity contribution in [2.45, 2.75) is 32.7 Å². The first-order chi connectivity index (χ1) is 6.81. The van der Waals surface area contributed by atoms with Crippen molar-refractivity contribution in [2.75, 3.05) is 19.8 Å². The highest BCUT2D eigenvalue weighted by Crippen LogP contribution is 1.97. The second kappa shape index (κ2) is 6.55. The normalized spacial score (nSPS) is 11.6. The minimum atomic E-state index is -2.46. The summed E-state index contributed by atoms with van der Waals surface area (Å²) in [5.74, 6) is 0. The third-order valence-corrected chi connectivity index (χ3v) is 1.26. The van der Waals surface area contributed by atoms with E-state index in [4.69, 9.17) is 0 Å². The van der Waals surface area contributed by atoms with Crippen LogP contribution in [-0.2, 0) is 4.74 Å². The van der Waals surface area contributed by atoms with Gasteiger partial charge in [-0.25, -0.2) is 13.6 Å². The standard InChI is InChI=1S/C9H18F2N2O2/c1-9(2,3)13-8(14)12-4-5-15-6-7(10)11/h7H,4-6H2,1-3H3,(H2,12,13,14). The molecule has 0 saturated heterocycles. The number of rotatable bonds is 5. The number of carbonyl (C=O) groups excluding carboxylic acids is 1. The molecule has 0 aromatic rings. The van der Waals surface area contributed by atoms with Gasteiger partial charge in [0.15, 0.2) is 0 Å². The Labute approximate surface area is 88.4 Å². The van der Waals surface area contributed by atoms with Gasteiger partial charge in [-0.2, -0.15) is 0 Å². The Bertz CT molecular complexity index is 193. The maximum absolute atomic E-state index is 11.6. The number of hydrogen-bond acceptors (Lipinski definition) is 2. The van der Waals surface area contributed by atoms with E-state index >= 15 is 0 Å². The molecule has 0 spiro atoms. The van der Waals surface area contributed by atoms with Gasteiger partial charge in [-0.3, -0.25) is 0 Å². The molecule has 0 rings (SSSR count). The number of ether oxygens (including phenoxy) is 1. The number of nitrogens with one attached hydrogen (secondary N) is 2. The SMILES string of the molecule is CC(C)(C)NC(=O)NCCOCC(F)F. The molecule has 2 N–H and O–H groups in total. The van der Waals surface area contributed by atoms with Crippen molar-refractivity contribution < 1.29 is 18.3 Å². The molecule has 2 amide bonds. The summed E-state index contributed by atoms with van der Waals surface area (Å²) in [5.41, 5.74) is -0.312. The van der Waals surface area contributed by atoms with E-state index < -0.39 is 13.0 Å². The molecule has 0 bridgehead atoms. The van der Waals surface area contributed by atoms with E-state index in [1.165, 1.54) is 0 Å². The van der Waals surface area contributed by atoms with Crippen molar-refractivity contribution >= 4 is 6.03 Å². The molecular formula is C9H18F2N2O2. The van der Waals surface area contributed by atoms with E-state index in [0.29, 0.717) is 0 Å². The van der Waals surface area contributed by atoms with Crippen LogP contribution in [0.4, 0.5) is 13.6 Å². The summed E-state index contributed by atoms with van der Waals surface area (Å²) in [7, 11) is 0. The molecule has 0 fully saturated rings. The third-order valence-electron chi connectivity index (χ3n) is 1.26. The van der Waals surface area contributed by atoms with Crippen molar-refractivity contribution in [1.82, 2.24) is 10.6 Å². The molecule has 0 aliphatic rings. The number of halogens is 2. The molecule has 0 atom stereocenters. The molecule has 0 unspecified atom stereocenters. The highest BCUT2D eigenvalue weighted by Gasteiger charge is 2.12. The maximum Gasteiger partial charge on any atom is 0.315 e. The van der Waals surface area contributed by atoms with E-state index in [-0.39, 0.29) is 24.7 Å². The lowest BCUT2D eigenvalue weighted by atomic mass is 10.1. The number of urea groups is 1. The molecule has 90 valence electrons. The average Bonchev–Trinajstić information content (AvgIpc) is 1.99. The third kappa shape index (κ3) is 11.0. The Morgan fingerprint density at radius 2 is 2.00 bits per heavy atom. The van der Waals surface area contributed by atoms with Gasteiger partial charge in [0, 0.05) is 12.1 Å². The first-order valence-electron chi connectivity index (χ1n) is 4.73. The number of carbonyl (C=O) groups is 1. The first-order valence-corrected chi connectivity index (χ1v) is 4.73. The van der Waals surface area contributed by atoms with Crippen LogP contribution in [0.5, 0.6) is 0 Å². The van der Waals surface area contributed by atoms with E-state index in [1.54, 1.807) is 0 Å². The molecule has 6 heteroatoms. The first kappa shape index (κ1) is 14.1. The highest BCUT2D eigenvalue weighted by molar-refractivity contribution is 5.74. The zero-order chi connectivity index (χ0) is 11.9.